The molecule has 1 aromatic carbocycles. The van der Waals surface area contributed by atoms with Crippen molar-refractivity contribution in [2.75, 3.05) is 0 Å². The molecule has 0 spiro atoms. The lowest BCUT2D eigenvalue weighted by Gasteiger charge is -2.19. The summed E-state index contributed by atoms with van der Waals surface area (Å²) in [5.74, 6) is -1.08. The zero-order chi connectivity index (χ0) is 13.1. The monoisotopic (exact) mass is 234 g/mol. The first kappa shape index (κ1) is 13.4. The van der Waals surface area contributed by atoms with Gasteiger partial charge in [-0.1, -0.05) is 39.8 Å². The molecule has 0 heterocycles. The van der Waals surface area contributed by atoms with E-state index >= 15 is 0 Å². The van der Waals surface area contributed by atoms with Crippen molar-refractivity contribution in [1.82, 2.24) is 0 Å². The number of benzene rings is 1. The number of esters is 2. The molecule has 0 aliphatic rings. The second kappa shape index (κ2) is 5.13. The third-order valence-electron chi connectivity index (χ3n) is 2.46. The average Bonchev–Trinajstić information content (AvgIpc) is 2.28. The van der Waals surface area contributed by atoms with Crippen LogP contribution in [0.15, 0.2) is 24.3 Å². The molecule has 0 saturated heterocycles. The molecule has 0 aliphatic carbocycles. The Bertz CT molecular complexity index is 427. The van der Waals surface area contributed by atoms with E-state index in [1.165, 1.54) is 0 Å². The van der Waals surface area contributed by atoms with E-state index < -0.39 is 11.9 Å². The zero-order valence-corrected chi connectivity index (χ0v) is 10.7. The van der Waals surface area contributed by atoms with Gasteiger partial charge in [0.15, 0.2) is 0 Å². The van der Waals surface area contributed by atoms with E-state index in [0.29, 0.717) is 5.56 Å². The topological polar surface area (TPSA) is 43.4 Å². The molecule has 3 nitrogen and oxygen atoms in total. The molecule has 0 amide bonds. The van der Waals surface area contributed by atoms with Crippen LogP contribution in [0.2, 0.25) is 0 Å². The van der Waals surface area contributed by atoms with Gasteiger partial charge in [0.1, 0.15) is 0 Å². The molecule has 0 aliphatic heterocycles. The minimum atomic E-state index is -0.581. The van der Waals surface area contributed by atoms with Crippen molar-refractivity contribution in [3.05, 3.63) is 35.4 Å². The third kappa shape index (κ3) is 3.70. The van der Waals surface area contributed by atoms with Crippen LogP contribution in [0.4, 0.5) is 0 Å². The summed E-state index contributed by atoms with van der Waals surface area (Å²) in [6.07, 6.45) is 0.199. The summed E-state index contributed by atoms with van der Waals surface area (Å²) in [6.45, 7) is 7.85. The molecule has 0 radical (unpaired) electrons. The summed E-state index contributed by atoms with van der Waals surface area (Å²) in [4.78, 5) is 22.7. The molecule has 17 heavy (non-hydrogen) atoms. The Hall–Kier alpha value is -1.64. The summed E-state index contributed by atoms with van der Waals surface area (Å²) in [6, 6.07) is 7.18. The normalized spacial score (nSPS) is 11.1. The van der Waals surface area contributed by atoms with E-state index in [2.05, 4.69) is 25.5 Å². The first-order valence-electron chi connectivity index (χ1n) is 5.70. The van der Waals surface area contributed by atoms with Gasteiger partial charge >= 0.3 is 11.9 Å². The number of rotatable bonds is 2. The fraction of sp³-hybridized carbons (Fsp3) is 0.429. The van der Waals surface area contributed by atoms with Crippen molar-refractivity contribution in [3.63, 3.8) is 0 Å². The molecule has 0 atom stereocenters. The largest absolute Gasteiger partial charge is 0.389 e. The Morgan fingerprint density at radius 3 is 2.41 bits per heavy atom. The van der Waals surface area contributed by atoms with E-state index in [1.54, 1.807) is 25.1 Å². The van der Waals surface area contributed by atoms with Crippen LogP contribution >= 0.6 is 0 Å². The summed E-state index contributed by atoms with van der Waals surface area (Å²) >= 11 is 0. The lowest BCUT2D eigenvalue weighted by Crippen LogP contribution is -2.15. The molecular weight excluding hydrogens is 216 g/mol. The van der Waals surface area contributed by atoms with Crippen molar-refractivity contribution in [2.24, 2.45) is 0 Å². The van der Waals surface area contributed by atoms with Gasteiger partial charge in [-0.25, -0.2) is 4.79 Å². The predicted octanol–water partition coefficient (Wildman–Crippen LogP) is 3.08. The number of hydrogen-bond donors (Lipinski definition) is 0. The van der Waals surface area contributed by atoms with Crippen LogP contribution in [-0.4, -0.2) is 11.9 Å². The molecule has 3 heteroatoms. The molecule has 1 aromatic rings. The molecule has 0 fully saturated rings. The van der Waals surface area contributed by atoms with Gasteiger partial charge in [-0.2, -0.15) is 0 Å². The maximum absolute atomic E-state index is 11.7. The highest BCUT2D eigenvalue weighted by Gasteiger charge is 2.17. The highest BCUT2D eigenvalue weighted by molar-refractivity contribution is 5.96. The number of hydrogen-bond acceptors (Lipinski definition) is 3. The second-order valence-electron chi connectivity index (χ2n) is 4.95. The SMILES string of the molecule is CCC(=O)OC(=O)c1cccc(C(C)(C)C)c1. The Labute approximate surface area is 102 Å². The third-order valence-corrected chi connectivity index (χ3v) is 2.46. The van der Waals surface area contributed by atoms with Crippen LogP contribution in [0, 0.1) is 0 Å². The predicted molar refractivity (Wildman–Crippen MR) is 65.9 cm³/mol. The summed E-state index contributed by atoms with van der Waals surface area (Å²) in [5, 5.41) is 0. The van der Waals surface area contributed by atoms with Gasteiger partial charge in [-0.05, 0) is 23.1 Å². The lowest BCUT2D eigenvalue weighted by molar-refractivity contribution is -0.137. The zero-order valence-electron chi connectivity index (χ0n) is 10.7. The maximum atomic E-state index is 11.7. The molecule has 92 valence electrons. The van der Waals surface area contributed by atoms with Crippen LogP contribution in [0.5, 0.6) is 0 Å². The smallest absolute Gasteiger partial charge is 0.345 e. The second-order valence-corrected chi connectivity index (χ2v) is 4.95. The van der Waals surface area contributed by atoms with Gasteiger partial charge in [0, 0.05) is 6.42 Å². The van der Waals surface area contributed by atoms with Gasteiger partial charge in [-0.3, -0.25) is 4.79 Å². The highest BCUT2D eigenvalue weighted by atomic mass is 16.6. The van der Waals surface area contributed by atoms with Gasteiger partial charge in [0.05, 0.1) is 5.56 Å². The molecule has 0 saturated carbocycles. The van der Waals surface area contributed by atoms with Gasteiger partial charge < -0.3 is 4.74 Å². The van der Waals surface area contributed by atoms with Crippen molar-refractivity contribution >= 4 is 11.9 Å². The molecule has 0 unspecified atom stereocenters. The van der Waals surface area contributed by atoms with E-state index in [4.69, 9.17) is 0 Å². The summed E-state index contributed by atoms with van der Waals surface area (Å²) in [7, 11) is 0. The number of carbonyl (C=O) groups is 2. The van der Waals surface area contributed by atoms with Crippen molar-refractivity contribution in [1.29, 1.82) is 0 Å². The molecule has 0 bridgehead atoms. The van der Waals surface area contributed by atoms with Crippen molar-refractivity contribution in [3.8, 4) is 0 Å². The molecule has 0 aromatic heterocycles. The van der Waals surface area contributed by atoms with E-state index in [-0.39, 0.29) is 11.8 Å². The van der Waals surface area contributed by atoms with E-state index in [1.807, 2.05) is 6.07 Å². The fourth-order valence-electron chi connectivity index (χ4n) is 1.35. The first-order chi connectivity index (χ1) is 7.84. The number of carbonyl (C=O) groups excluding carboxylic acids is 2. The van der Waals surface area contributed by atoms with Crippen molar-refractivity contribution in [2.45, 2.75) is 39.5 Å². The minimum absolute atomic E-state index is 0.0367. The van der Waals surface area contributed by atoms with Crippen LogP contribution in [0.3, 0.4) is 0 Å². The molecule has 0 N–H and O–H groups in total. The van der Waals surface area contributed by atoms with Gasteiger partial charge in [-0.15, -0.1) is 0 Å². The maximum Gasteiger partial charge on any atom is 0.345 e. The fourth-order valence-corrected chi connectivity index (χ4v) is 1.35. The van der Waals surface area contributed by atoms with Crippen LogP contribution in [-0.2, 0) is 14.9 Å². The van der Waals surface area contributed by atoms with Crippen LogP contribution in [0.1, 0.15) is 50.0 Å². The minimum Gasteiger partial charge on any atom is -0.389 e. The average molecular weight is 234 g/mol. The van der Waals surface area contributed by atoms with Gasteiger partial charge in [0.25, 0.3) is 0 Å². The van der Waals surface area contributed by atoms with Crippen LogP contribution in [0.25, 0.3) is 0 Å². The quantitative estimate of drug-likeness (QED) is 0.583. The van der Waals surface area contributed by atoms with Crippen LogP contribution < -0.4 is 0 Å². The standard InChI is InChI=1S/C14H18O3/c1-5-12(15)17-13(16)10-7-6-8-11(9-10)14(2,3)4/h6-9H,5H2,1-4H3. The number of ether oxygens (including phenoxy) is 1. The molecular formula is C14H18O3. The molecule has 1 rings (SSSR count). The van der Waals surface area contributed by atoms with Crippen molar-refractivity contribution < 1.29 is 14.3 Å². The Balaban J connectivity index is 2.92. The summed E-state index contributed by atoms with van der Waals surface area (Å²) in [5.41, 5.74) is 1.42. The highest BCUT2D eigenvalue weighted by Crippen LogP contribution is 2.23. The summed E-state index contributed by atoms with van der Waals surface area (Å²) < 4.78 is 4.68. The Morgan fingerprint density at radius 1 is 1.24 bits per heavy atom. The lowest BCUT2D eigenvalue weighted by atomic mass is 9.86. The first-order valence-corrected chi connectivity index (χ1v) is 5.70. The Morgan fingerprint density at radius 2 is 1.88 bits per heavy atom. The van der Waals surface area contributed by atoms with E-state index in [9.17, 15) is 9.59 Å². The van der Waals surface area contributed by atoms with E-state index in [0.717, 1.165) is 5.56 Å². The van der Waals surface area contributed by atoms with Gasteiger partial charge in [0.2, 0.25) is 0 Å². The Kier molecular flexibility index (Phi) is 4.05.